The van der Waals surface area contributed by atoms with E-state index in [-0.39, 0.29) is 11.2 Å². The van der Waals surface area contributed by atoms with Crippen molar-refractivity contribution < 1.29 is 4.39 Å². The summed E-state index contributed by atoms with van der Waals surface area (Å²) in [4.78, 5) is 0. The maximum Gasteiger partial charge on any atom is 0.123 e. The number of nitrogens with one attached hydrogen (secondary N) is 1. The maximum absolute atomic E-state index is 13.4. The third-order valence-electron chi connectivity index (χ3n) is 5.13. The van der Waals surface area contributed by atoms with Crippen molar-refractivity contribution in [2.45, 2.75) is 45.6 Å². The SMILES string of the molecule is CCC1(CC)C(NC)C(C)C1c1cccc(F)c1. The van der Waals surface area contributed by atoms with Gasteiger partial charge in [-0.15, -0.1) is 0 Å². The molecule has 1 saturated carbocycles. The quantitative estimate of drug-likeness (QED) is 0.852. The molecule has 1 nitrogen and oxygen atoms in total. The van der Waals surface area contributed by atoms with Gasteiger partial charge in [-0.25, -0.2) is 4.39 Å². The van der Waals surface area contributed by atoms with E-state index >= 15 is 0 Å². The van der Waals surface area contributed by atoms with E-state index in [4.69, 9.17) is 0 Å². The van der Waals surface area contributed by atoms with Crippen LogP contribution in [0.5, 0.6) is 0 Å². The minimum Gasteiger partial charge on any atom is -0.316 e. The molecular weight excluding hydrogens is 225 g/mol. The topological polar surface area (TPSA) is 12.0 Å². The summed E-state index contributed by atoms with van der Waals surface area (Å²) in [6.45, 7) is 6.79. The van der Waals surface area contributed by atoms with E-state index in [2.05, 4.69) is 32.2 Å². The van der Waals surface area contributed by atoms with Crippen molar-refractivity contribution in [1.29, 1.82) is 0 Å². The van der Waals surface area contributed by atoms with Crippen molar-refractivity contribution >= 4 is 0 Å². The van der Waals surface area contributed by atoms with Crippen LogP contribution in [0.25, 0.3) is 0 Å². The lowest BCUT2D eigenvalue weighted by Crippen LogP contribution is -2.63. The van der Waals surface area contributed by atoms with Gasteiger partial charge < -0.3 is 5.32 Å². The molecule has 18 heavy (non-hydrogen) atoms. The monoisotopic (exact) mass is 249 g/mol. The first-order valence-corrected chi connectivity index (χ1v) is 7.03. The summed E-state index contributed by atoms with van der Waals surface area (Å²) in [5.41, 5.74) is 1.44. The molecule has 1 N–H and O–H groups in total. The van der Waals surface area contributed by atoms with Crippen LogP contribution in [0.3, 0.4) is 0 Å². The first-order valence-electron chi connectivity index (χ1n) is 7.03. The van der Waals surface area contributed by atoms with Gasteiger partial charge in [-0.05, 0) is 54.8 Å². The van der Waals surface area contributed by atoms with Crippen LogP contribution in [0.15, 0.2) is 24.3 Å². The molecule has 3 atom stereocenters. The Hall–Kier alpha value is -0.890. The fourth-order valence-electron chi connectivity index (χ4n) is 4.33. The number of rotatable bonds is 4. The molecule has 100 valence electrons. The number of benzene rings is 1. The number of halogens is 1. The van der Waals surface area contributed by atoms with Crippen molar-refractivity contribution in [2.75, 3.05) is 7.05 Å². The Morgan fingerprint density at radius 2 is 1.94 bits per heavy atom. The van der Waals surface area contributed by atoms with E-state index in [1.54, 1.807) is 6.07 Å². The van der Waals surface area contributed by atoms with Gasteiger partial charge in [0, 0.05) is 6.04 Å². The van der Waals surface area contributed by atoms with E-state index in [9.17, 15) is 4.39 Å². The molecule has 0 radical (unpaired) electrons. The van der Waals surface area contributed by atoms with Gasteiger partial charge in [0.25, 0.3) is 0 Å². The first kappa shape index (κ1) is 13.5. The van der Waals surface area contributed by atoms with E-state index < -0.39 is 0 Å². The summed E-state index contributed by atoms with van der Waals surface area (Å²) in [7, 11) is 2.04. The third kappa shape index (κ3) is 1.78. The predicted molar refractivity (Wildman–Crippen MR) is 74.2 cm³/mol. The highest BCUT2D eigenvalue weighted by Crippen LogP contribution is 2.60. The average molecular weight is 249 g/mol. The van der Waals surface area contributed by atoms with Crippen LogP contribution in [0.1, 0.15) is 45.1 Å². The lowest BCUT2D eigenvalue weighted by Gasteiger charge is -2.61. The molecule has 0 saturated heterocycles. The Morgan fingerprint density at radius 1 is 1.28 bits per heavy atom. The lowest BCUT2D eigenvalue weighted by molar-refractivity contribution is -0.0357. The number of hydrogen-bond donors (Lipinski definition) is 1. The Morgan fingerprint density at radius 3 is 2.44 bits per heavy atom. The maximum atomic E-state index is 13.4. The largest absolute Gasteiger partial charge is 0.316 e. The van der Waals surface area contributed by atoms with Crippen LogP contribution in [-0.2, 0) is 0 Å². The summed E-state index contributed by atoms with van der Waals surface area (Å²) in [5, 5.41) is 3.46. The van der Waals surface area contributed by atoms with Crippen molar-refractivity contribution in [3.05, 3.63) is 35.6 Å². The molecule has 0 aromatic heterocycles. The molecule has 0 spiro atoms. The van der Waals surface area contributed by atoms with Gasteiger partial charge in [0.1, 0.15) is 5.82 Å². The van der Waals surface area contributed by atoms with Crippen LogP contribution in [-0.4, -0.2) is 13.1 Å². The molecule has 2 rings (SSSR count). The zero-order valence-electron chi connectivity index (χ0n) is 11.8. The van der Waals surface area contributed by atoms with Crippen LogP contribution in [0.4, 0.5) is 4.39 Å². The minimum atomic E-state index is -0.117. The van der Waals surface area contributed by atoms with Gasteiger partial charge in [0.2, 0.25) is 0 Å². The zero-order chi connectivity index (χ0) is 13.3. The Kier molecular flexibility index (Phi) is 3.76. The standard InChI is InChI=1S/C16H24FN/c1-5-16(6-2)14(11(3)15(16)18-4)12-8-7-9-13(17)10-12/h7-11,14-15,18H,5-6H2,1-4H3. The van der Waals surface area contributed by atoms with Crippen LogP contribution >= 0.6 is 0 Å². The second-order valence-corrected chi connectivity index (χ2v) is 5.60. The van der Waals surface area contributed by atoms with E-state index in [1.165, 1.54) is 6.07 Å². The van der Waals surface area contributed by atoms with E-state index in [0.29, 0.717) is 17.9 Å². The van der Waals surface area contributed by atoms with Gasteiger partial charge in [0.15, 0.2) is 0 Å². The van der Waals surface area contributed by atoms with Crippen molar-refractivity contribution in [3.8, 4) is 0 Å². The fourth-order valence-corrected chi connectivity index (χ4v) is 4.33. The molecule has 1 fully saturated rings. The Bertz CT molecular complexity index is 411. The average Bonchev–Trinajstić information content (AvgIpc) is 2.36. The molecule has 0 heterocycles. The van der Waals surface area contributed by atoms with Gasteiger partial charge in [-0.3, -0.25) is 0 Å². The molecule has 0 bridgehead atoms. The van der Waals surface area contributed by atoms with Crippen molar-refractivity contribution in [2.24, 2.45) is 11.3 Å². The van der Waals surface area contributed by atoms with Crippen LogP contribution in [0, 0.1) is 17.2 Å². The summed E-state index contributed by atoms with van der Waals surface area (Å²) in [6, 6.07) is 7.70. The summed E-state index contributed by atoms with van der Waals surface area (Å²) in [6.07, 6.45) is 2.28. The number of hydrogen-bond acceptors (Lipinski definition) is 1. The normalized spacial score (nSPS) is 29.9. The highest BCUT2D eigenvalue weighted by atomic mass is 19.1. The molecule has 2 heteroatoms. The summed E-state index contributed by atoms with van der Waals surface area (Å²) in [5.74, 6) is 0.922. The van der Waals surface area contributed by atoms with Gasteiger partial charge >= 0.3 is 0 Å². The molecule has 0 amide bonds. The van der Waals surface area contributed by atoms with Gasteiger partial charge in [-0.2, -0.15) is 0 Å². The molecule has 1 aliphatic carbocycles. The predicted octanol–water partition coefficient (Wildman–Crippen LogP) is 3.95. The highest BCUT2D eigenvalue weighted by molar-refractivity contribution is 5.30. The molecule has 0 aliphatic heterocycles. The van der Waals surface area contributed by atoms with E-state index in [0.717, 1.165) is 18.4 Å². The van der Waals surface area contributed by atoms with E-state index in [1.807, 2.05) is 13.1 Å². The highest BCUT2D eigenvalue weighted by Gasteiger charge is 2.57. The van der Waals surface area contributed by atoms with Crippen molar-refractivity contribution in [3.63, 3.8) is 0 Å². The van der Waals surface area contributed by atoms with Gasteiger partial charge in [-0.1, -0.05) is 32.9 Å². The summed E-state index contributed by atoms with van der Waals surface area (Å²) >= 11 is 0. The first-order chi connectivity index (χ1) is 8.60. The second-order valence-electron chi connectivity index (χ2n) is 5.60. The fraction of sp³-hybridized carbons (Fsp3) is 0.625. The Balaban J connectivity index is 2.37. The molecule has 1 aromatic carbocycles. The third-order valence-corrected chi connectivity index (χ3v) is 5.13. The van der Waals surface area contributed by atoms with Crippen molar-refractivity contribution in [1.82, 2.24) is 5.32 Å². The minimum absolute atomic E-state index is 0.117. The smallest absolute Gasteiger partial charge is 0.123 e. The second kappa shape index (κ2) is 5.00. The molecule has 1 aromatic rings. The van der Waals surface area contributed by atoms with Crippen LogP contribution in [0.2, 0.25) is 0 Å². The molecular formula is C16H24FN. The molecule has 1 aliphatic rings. The van der Waals surface area contributed by atoms with Gasteiger partial charge in [0.05, 0.1) is 0 Å². The molecule has 3 unspecified atom stereocenters. The Labute approximate surface area is 110 Å². The van der Waals surface area contributed by atoms with Crippen LogP contribution < -0.4 is 5.32 Å². The zero-order valence-corrected chi connectivity index (χ0v) is 11.8. The summed E-state index contributed by atoms with van der Waals surface area (Å²) < 4.78 is 13.4. The lowest BCUT2D eigenvalue weighted by atomic mass is 9.46.